The van der Waals surface area contributed by atoms with Crippen LogP contribution in [0, 0.1) is 17.1 Å². The quantitative estimate of drug-likeness (QED) is 0.183. The number of aromatic nitrogens is 2. The molecule has 3 rings (SSSR count). The summed E-state index contributed by atoms with van der Waals surface area (Å²) in [6.45, 7) is 0.0415. The molecule has 0 saturated heterocycles. The number of rotatable bonds is 5. The number of hydrogen-bond acceptors (Lipinski definition) is 4. The maximum atomic E-state index is 14.7. The standard InChI is InChI=1S/C16H10FIN3O2P.CH3I/c17-13-6-14-11(2-4-21-14)12(8-22)15(13)16(23-24-18)9-1-3-20-10(5-9)7-19;1-2/h1-6,8,16,21,24H;1H3. The predicted molar refractivity (Wildman–Crippen MR) is 118 cm³/mol. The second kappa shape index (κ2) is 10.3. The molecule has 0 fully saturated rings. The number of aldehydes is 1. The number of benzene rings is 1. The number of halogens is 3. The zero-order chi connectivity index (χ0) is 19.1. The lowest BCUT2D eigenvalue weighted by atomic mass is 9.94. The normalized spacial score (nSPS) is 11.8. The SMILES string of the molecule is CI.N#Cc1cc(C(OPI)c2c(F)cc3[nH]ccc3c2C=O)ccn1. The summed E-state index contributed by atoms with van der Waals surface area (Å²) < 4.78 is 20.5. The number of carbonyl (C=O) groups excluding carboxylic acids is 1. The molecule has 1 aromatic carbocycles. The lowest BCUT2D eigenvalue weighted by Crippen LogP contribution is -2.09. The molecule has 2 aromatic heterocycles. The van der Waals surface area contributed by atoms with Gasteiger partial charge in [0.2, 0.25) is 0 Å². The molecule has 0 aliphatic rings. The molecule has 0 bridgehead atoms. The molecule has 3 aromatic rings. The van der Waals surface area contributed by atoms with E-state index in [2.05, 4.69) is 32.6 Å². The van der Waals surface area contributed by atoms with Gasteiger partial charge in [0.1, 0.15) is 23.7 Å². The number of fused-ring (bicyclic) bond motifs is 1. The second-order valence-corrected chi connectivity index (χ2v) is 6.61. The highest BCUT2D eigenvalue weighted by molar-refractivity contribution is 14.2. The molecule has 9 heteroatoms. The highest BCUT2D eigenvalue weighted by Gasteiger charge is 2.25. The minimum Gasteiger partial charge on any atom is -0.361 e. The molecule has 5 nitrogen and oxygen atoms in total. The molecule has 26 heavy (non-hydrogen) atoms. The van der Waals surface area contributed by atoms with Crippen LogP contribution in [-0.2, 0) is 4.52 Å². The van der Waals surface area contributed by atoms with Crippen molar-refractivity contribution >= 4 is 68.3 Å². The van der Waals surface area contributed by atoms with Gasteiger partial charge < -0.3 is 9.51 Å². The number of aromatic amines is 1. The zero-order valence-electron chi connectivity index (χ0n) is 13.5. The first-order valence-electron chi connectivity index (χ1n) is 7.19. The third-order valence-electron chi connectivity index (χ3n) is 3.63. The zero-order valence-corrected chi connectivity index (χ0v) is 18.8. The first kappa shape index (κ1) is 21.2. The maximum Gasteiger partial charge on any atom is 0.151 e. The van der Waals surface area contributed by atoms with Crippen molar-refractivity contribution in [1.82, 2.24) is 9.97 Å². The van der Waals surface area contributed by atoms with Gasteiger partial charge in [0, 0.05) is 34.4 Å². The van der Waals surface area contributed by atoms with E-state index in [1.807, 2.05) is 33.0 Å². The fourth-order valence-electron chi connectivity index (χ4n) is 2.62. The van der Waals surface area contributed by atoms with Crippen molar-refractivity contribution in [3.63, 3.8) is 0 Å². The van der Waals surface area contributed by atoms with Crippen LogP contribution in [0.2, 0.25) is 0 Å². The van der Waals surface area contributed by atoms with E-state index in [0.29, 0.717) is 22.8 Å². The smallest absolute Gasteiger partial charge is 0.151 e. The fraction of sp³-hybridized carbons (Fsp3) is 0.118. The van der Waals surface area contributed by atoms with Crippen LogP contribution in [0.3, 0.4) is 0 Å². The highest BCUT2D eigenvalue weighted by atomic mass is 127. The molecule has 2 heterocycles. The minimum absolute atomic E-state index is 0.0415. The van der Waals surface area contributed by atoms with Crippen LogP contribution < -0.4 is 0 Å². The van der Waals surface area contributed by atoms with Gasteiger partial charge in [0.15, 0.2) is 6.29 Å². The molecule has 2 atom stereocenters. The Bertz CT molecular complexity index is 959. The van der Waals surface area contributed by atoms with Gasteiger partial charge in [-0.2, -0.15) is 5.26 Å². The van der Waals surface area contributed by atoms with Crippen LogP contribution >= 0.6 is 51.1 Å². The van der Waals surface area contributed by atoms with Crippen LogP contribution in [0.1, 0.15) is 33.3 Å². The number of H-pyrrole nitrogens is 1. The molecule has 0 aliphatic carbocycles. The third-order valence-corrected chi connectivity index (χ3v) is 4.72. The van der Waals surface area contributed by atoms with Gasteiger partial charge in [0.25, 0.3) is 0 Å². The van der Waals surface area contributed by atoms with E-state index in [-0.39, 0.29) is 23.3 Å². The maximum absolute atomic E-state index is 14.7. The predicted octanol–water partition coefficient (Wildman–Crippen LogP) is 5.49. The van der Waals surface area contributed by atoms with Gasteiger partial charge in [-0.3, -0.25) is 4.79 Å². The topological polar surface area (TPSA) is 78.8 Å². The number of pyridine rings is 1. The Morgan fingerprint density at radius 3 is 2.85 bits per heavy atom. The summed E-state index contributed by atoms with van der Waals surface area (Å²) in [4.78, 5) is 20.4. The Hall–Kier alpha value is -1.15. The molecule has 1 N–H and O–H groups in total. The van der Waals surface area contributed by atoms with Crippen molar-refractivity contribution in [3.8, 4) is 6.07 Å². The molecule has 0 radical (unpaired) electrons. The Morgan fingerprint density at radius 1 is 1.42 bits per heavy atom. The fourth-order valence-corrected chi connectivity index (χ4v) is 3.72. The van der Waals surface area contributed by atoms with Crippen LogP contribution in [0.4, 0.5) is 4.39 Å². The summed E-state index contributed by atoms with van der Waals surface area (Å²) in [6.07, 6.45) is 2.95. The monoisotopic (exact) mass is 595 g/mol. The van der Waals surface area contributed by atoms with Gasteiger partial charge in [-0.15, -0.1) is 0 Å². The lowest BCUT2D eigenvalue weighted by Gasteiger charge is -2.20. The van der Waals surface area contributed by atoms with Gasteiger partial charge in [0.05, 0.1) is 6.45 Å². The van der Waals surface area contributed by atoms with E-state index in [9.17, 15) is 9.18 Å². The molecule has 2 unspecified atom stereocenters. The van der Waals surface area contributed by atoms with E-state index in [0.717, 1.165) is 0 Å². The van der Waals surface area contributed by atoms with Crippen molar-refractivity contribution in [2.24, 2.45) is 0 Å². The van der Waals surface area contributed by atoms with Gasteiger partial charge in [-0.05, 0) is 56.8 Å². The number of carbonyl (C=O) groups is 1. The number of nitrogens with one attached hydrogen (secondary N) is 1. The average molecular weight is 595 g/mol. The van der Waals surface area contributed by atoms with Gasteiger partial charge in [-0.25, -0.2) is 9.37 Å². The van der Waals surface area contributed by atoms with Crippen molar-refractivity contribution in [2.45, 2.75) is 6.10 Å². The summed E-state index contributed by atoms with van der Waals surface area (Å²) in [7, 11) is 0. The lowest BCUT2D eigenvalue weighted by molar-refractivity contribution is 0.112. The number of nitrogens with zero attached hydrogens (tertiary/aromatic N) is 2. The van der Waals surface area contributed by atoms with Crippen LogP contribution in [0.25, 0.3) is 10.9 Å². The largest absolute Gasteiger partial charge is 0.361 e. The second-order valence-electron chi connectivity index (χ2n) is 4.90. The molecular formula is C17H13FI2N3O2P. The number of hydrogen-bond donors (Lipinski definition) is 1. The Kier molecular flexibility index (Phi) is 8.34. The first-order valence-corrected chi connectivity index (χ1v) is 13.4. The summed E-state index contributed by atoms with van der Waals surface area (Å²) in [5.74, 6) is -0.540. The summed E-state index contributed by atoms with van der Waals surface area (Å²) in [5.41, 5.74) is 1.72. The van der Waals surface area contributed by atoms with Gasteiger partial charge >= 0.3 is 0 Å². The van der Waals surface area contributed by atoms with Crippen molar-refractivity contribution in [1.29, 1.82) is 5.26 Å². The molecule has 0 spiro atoms. The third kappa shape index (κ3) is 4.39. The Morgan fingerprint density at radius 2 is 2.19 bits per heavy atom. The Labute approximate surface area is 178 Å². The summed E-state index contributed by atoms with van der Waals surface area (Å²) in [5, 5.41) is 9.65. The average Bonchev–Trinajstić information content (AvgIpc) is 3.15. The van der Waals surface area contributed by atoms with E-state index in [1.54, 1.807) is 18.3 Å². The van der Waals surface area contributed by atoms with Crippen molar-refractivity contribution in [2.75, 3.05) is 4.93 Å². The highest BCUT2D eigenvalue weighted by Crippen LogP contribution is 2.40. The molecule has 134 valence electrons. The van der Waals surface area contributed by atoms with Crippen LogP contribution in [-0.4, -0.2) is 21.2 Å². The van der Waals surface area contributed by atoms with Crippen molar-refractivity contribution in [3.05, 3.63) is 64.9 Å². The van der Waals surface area contributed by atoms with Gasteiger partial charge in [-0.1, -0.05) is 22.6 Å². The van der Waals surface area contributed by atoms with Crippen LogP contribution in [0.15, 0.2) is 36.7 Å². The van der Waals surface area contributed by atoms with E-state index >= 15 is 0 Å². The minimum atomic E-state index is -0.796. The molecule has 0 saturated carbocycles. The summed E-state index contributed by atoms with van der Waals surface area (Å²) in [6, 6.07) is 8.20. The number of nitriles is 1. The summed E-state index contributed by atoms with van der Waals surface area (Å²) >= 11 is 4.18. The van der Waals surface area contributed by atoms with E-state index < -0.39 is 11.9 Å². The molecule has 0 aliphatic heterocycles. The van der Waals surface area contributed by atoms with E-state index in [4.69, 9.17) is 9.79 Å². The molecular weight excluding hydrogens is 582 g/mol. The molecule has 0 amide bonds. The van der Waals surface area contributed by atoms with Crippen LogP contribution in [0.5, 0.6) is 0 Å². The van der Waals surface area contributed by atoms with E-state index in [1.165, 1.54) is 18.3 Å². The Balaban J connectivity index is 0.00000117. The van der Waals surface area contributed by atoms with Crippen molar-refractivity contribution < 1.29 is 13.7 Å². The number of alkyl halides is 1. The first-order chi connectivity index (χ1) is 12.7.